The first kappa shape index (κ1) is 13.4. The number of nitrogens with one attached hydrogen (secondary N) is 1. The largest absolute Gasteiger partial charge is 0.481 e. The summed E-state index contributed by atoms with van der Waals surface area (Å²) in [5.74, 6) is -0.945. The average molecular weight is 285 g/mol. The summed E-state index contributed by atoms with van der Waals surface area (Å²) in [5, 5.41) is 13.8. The first-order chi connectivity index (χ1) is 8.66. The fourth-order valence-electron chi connectivity index (χ4n) is 2.16. The van der Waals surface area contributed by atoms with E-state index < -0.39 is 11.9 Å². The van der Waals surface area contributed by atoms with Crippen LogP contribution in [0, 0.1) is 5.92 Å². The molecule has 0 radical (unpaired) electrons. The van der Waals surface area contributed by atoms with E-state index in [2.05, 4.69) is 5.32 Å². The van der Waals surface area contributed by atoms with Gasteiger partial charge in [0.15, 0.2) is 0 Å². The van der Waals surface area contributed by atoms with Gasteiger partial charge in [0, 0.05) is 6.04 Å². The molecule has 98 valence electrons. The number of carboxylic acids is 1. The summed E-state index contributed by atoms with van der Waals surface area (Å²) in [6.07, 6.45) is 2.31. The van der Waals surface area contributed by atoms with Crippen LogP contribution in [0.15, 0.2) is 21.7 Å². The normalized spacial score (nSPS) is 22.9. The van der Waals surface area contributed by atoms with Crippen molar-refractivity contribution in [3.63, 3.8) is 0 Å². The fourth-order valence-corrected chi connectivity index (χ4v) is 3.75. The van der Waals surface area contributed by atoms with Crippen molar-refractivity contribution < 1.29 is 14.7 Å². The molecule has 2 atom stereocenters. The predicted octanol–water partition coefficient (Wildman–Crippen LogP) is 2.21. The molecule has 0 spiro atoms. The van der Waals surface area contributed by atoms with Crippen molar-refractivity contribution in [1.29, 1.82) is 0 Å². The lowest BCUT2D eigenvalue weighted by molar-refractivity contribution is -0.142. The zero-order valence-corrected chi connectivity index (χ0v) is 11.4. The van der Waals surface area contributed by atoms with E-state index in [1.54, 1.807) is 11.3 Å². The van der Waals surface area contributed by atoms with Crippen LogP contribution in [0.4, 0.5) is 0 Å². The van der Waals surface area contributed by atoms with Gasteiger partial charge < -0.3 is 10.4 Å². The summed E-state index contributed by atoms with van der Waals surface area (Å²) in [4.78, 5) is 22.7. The third-order valence-corrected chi connectivity index (χ3v) is 5.15. The lowest BCUT2D eigenvalue weighted by Crippen LogP contribution is -2.40. The Balaban J connectivity index is 1.78. The zero-order chi connectivity index (χ0) is 13.0. The molecule has 6 heteroatoms. The summed E-state index contributed by atoms with van der Waals surface area (Å²) in [6, 6.07) is 3.72. The van der Waals surface area contributed by atoms with E-state index in [-0.39, 0.29) is 11.9 Å². The lowest BCUT2D eigenvalue weighted by Gasteiger charge is -2.17. The maximum absolute atomic E-state index is 11.7. The molecule has 18 heavy (non-hydrogen) atoms. The Morgan fingerprint density at radius 2 is 2.33 bits per heavy atom. The molecule has 2 unspecified atom stereocenters. The van der Waals surface area contributed by atoms with E-state index >= 15 is 0 Å². The number of carbonyl (C=O) groups excluding carboxylic acids is 1. The standard InChI is InChI=1S/C12H15NO3S2/c14-10(7-18-11-5-2-6-17-11)13-9-4-1-3-8(9)12(15)16/h2,5-6,8-9H,1,3-4,7H2,(H,13,14)(H,15,16). The van der Waals surface area contributed by atoms with Gasteiger partial charge >= 0.3 is 5.97 Å². The van der Waals surface area contributed by atoms with Gasteiger partial charge in [-0.1, -0.05) is 12.5 Å². The Bertz CT molecular complexity index is 419. The van der Waals surface area contributed by atoms with E-state index in [1.807, 2.05) is 17.5 Å². The van der Waals surface area contributed by atoms with Crippen molar-refractivity contribution in [2.45, 2.75) is 29.5 Å². The van der Waals surface area contributed by atoms with Crippen LogP contribution in [0.5, 0.6) is 0 Å². The topological polar surface area (TPSA) is 66.4 Å². The molecule has 1 aromatic heterocycles. The van der Waals surface area contributed by atoms with Gasteiger partial charge in [-0.15, -0.1) is 23.1 Å². The molecule has 1 fully saturated rings. The molecule has 0 saturated heterocycles. The maximum atomic E-state index is 11.7. The van der Waals surface area contributed by atoms with Crippen LogP contribution in [0.25, 0.3) is 0 Å². The minimum atomic E-state index is -0.802. The molecule has 1 heterocycles. The van der Waals surface area contributed by atoms with Crippen molar-refractivity contribution in [3.8, 4) is 0 Å². The van der Waals surface area contributed by atoms with Crippen LogP contribution < -0.4 is 5.32 Å². The first-order valence-electron chi connectivity index (χ1n) is 5.85. The van der Waals surface area contributed by atoms with Gasteiger partial charge in [0.1, 0.15) is 0 Å². The molecule has 1 amide bonds. The summed E-state index contributed by atoms with van der Waals surface area (Å²) < 4.78 is 1.10. The Hall–Kier alpha value is -1.01. The highest BCUT2D eigenvalue weighted by Gasteiger charge is 2.33. The van der Waals surface area contributed by atoms with E-state index in [4.69, 9.17) is 5.11 Å². The smallest absolute Gasteiger partial charge is 0.308 e. The number of rotatable bonds is 5. The van der Waals surface area contributed by atoms with Crippen LogP contribution in [-0.4, -0.2) is 28.8 Å². The first-order valence-corrected chi connectivity index (χ1v) is 7.72. The van der Waals surface area contributed by atoms with Crippen LogP contribution >= 0.6 is 23.1 Å². The van der Waals surface area contributed by atoms with Crippen LogP contribution in [0.1, 0.15) is 19.3 Å². The molecular weight excluding hydrogens is 270 g/mol. The summed E-state index contributed by atoms with van der Waals surface area (Å²) in [7, 11) is 0. The van der Waals surface area contributed by atoms with Crippen molar-refractivity contribution in [2.75, 3.05) is 5.75 Å². The van der Waals surface area contributed by atoms with Gasteiger partial charge in [-0.2, -0.15) is 0 Å². The van der Waals surface area contributed by atoms with Gasteiger partial charge in [0.25, 0.3) is 0 Å². The summed E-state index contributed by atoms with van der Waals surface area (Å²) in [6.45, 7) is 0. The second kappa shape index (κ2) is 6.24. The summed E-state index contributed by atoms with van der Waals surface area (Å²) in [5.41, 5.74) is 0. The van der Waals surface area contributed by atoms with Crippen molar-refractivity contribution in [3.05, 3.63) is 17.5 Å². The Kier molecular flexibility index (Phi) is 4.66. The Morgan fingerprint density at radius 1 is 1.50 bits per heavy atom. The van der Waals surface area contributed by atoms with Gasteiger partial charge in [-0.3, -0.25) is 9.59 Å². The Morgan fingerprint density at radius 3 is 3.00 bits per heavy atom. The molecular formula is C12H15NO3S2. The summed E-state index contributed by atoms with van der Waals surface area (Å²) >= 11 is 3.09. The van der Waals surface area contributed by atoms with E-state index in [9.17, 15) is 9.59 Å². The number of thioether (sulfide) groups is 1. The monoisotopic (exact) mass is 285 g/mol. The second-order valence-corrected chi connectivity index (χ2v) is 6.49. The molecule has 1 aromatic rings. The highest BCUT2D eigenvalue weighted by Crippen LogP contribution is 2.27. The number of carbonyl (C=O) groups is 2. The number of amides is 1. The van der Waals surface area contributed by atoms with E-state index in [0.717, 1.165) is 17.1 Å². The lowest BCUT2D eigenvalue weighted by atomic mass is 10.0. The molecule has 2 rings (SSSR count). The molecule has 2 N–H and O–H groups in total. The maximum Gasteiger partial charge on any atom is 0.308 e. The highest BCUT2D eigenvalue weighted by atomic mass is 32.2. The molecule has 1 aliphatic carbocycles. The van der Waals surface area contributed by atoms with Crippen LogP contribution in [0.3, 0.4) is 0 Å². The van der Waals surface area contributed by atoms with Gasteiger partial charge in [0.2, 0.25) is 5.91 Å². The molecule has 1 aliphatic rings. The number of hydrogen-bond donors (Lipinski definition) is 2. The highest BCUT2D eigenvalue weighted by molar-refractivity contribution is 8.01. The fraction of sp³-hybridized carbons (Fsp3) is 0.500. The van der Waals surface area contributed by atoms with E-state index in [0.29, 0.717) is 12.2 Å². The van der Waals surface area contributed by atoms with Crippen molar-refractivity contribution in [2.24, 2.45) is 5.92 Å². The third-order valence-electron chi connectivity index (χ3n) is 3.02. The van der Waals surface area contributed by atoms with Crippen molar-refractivity contribution >= 4 is 35.0 Å². The number of hydrogen-bond acceptors (Lipinski definition) is 4. The SMILES string of the molecule is O=C(CSc1cccs1)NC1CCCC1C(=O)O. The van der Waals surface area contributed by atoms with Gasteiger partial charge in [-0.05, 0) is 24.3 Å². The molecule has 4 nitrogen and oxygen atoms in total. The minimum Gasteiger partial charge on any atom is -0.481 e. The number of thiophene rings is 1. The van der Waals surface area contributed by atoms with E-state index in [1.165, 1.54) is 11.8 Å². The van der Waals surface area contributed by atoms with Gasteiger partial charge in [0.05, 0.1) is 15.9 Å². The van der Waals surface area contributed by atoms with Crippen molar-refractivity contribution in [1.82, 2.24) is 5.32 Å². The van der Waals surface area contributed by atoms with Crippen LogP contribution in [0.2, 0.25) is 0 Å². The molecule has 0 aliphatic heterocycles. The zero-order valence-electron chi connectivity index (χ0n) is 9.80. The number of carboxylic acid groups (broad SMARTS) is 1. The average Bonchev–Trinajstić information content (AvgIpc) is 2.96. The van der Waals surface area contributed by atoms with Crippen LogP contribution in [-0.2, 0) is 9.59 Å². The van der Waals surface area contributed by atoms with Gasteiger partial charge in [-0.25, -0.2) is 0 Å². The minimum absolute atomic E-state index is 0.0773. The molecule has 1 saturated carbocycles. The molecule has 0 aromatic carbocycles. The molecule has 0 bridgehead atoms. The third kappa shape index (κ3) is 3.49. The number of aliphatic carboxylic acids is 1. The second-order valence-electron chi connectivity index (χ2n) is 4.27. The predicted molar refractivity (Wildman–Crippen MR) is 72.0 cm³/mol. The Labute approximate surface area is 114 Å². The quantitative estimate of drug-likeness (QED) is 0.814.